The smallest absolute Gasteiger partial charge is 0.423 e. The number of morpholine rings is 1. The first-order valence-electron chi connectivity index (χ1n) is 4.91. The Morgan fingerprint density at radius 2 is 2.00 bits per heavy atom. The molecule has 0 bridgehead atoms. The van der Waals surface area contributed by atoms with E-state index in [1.165, 1.54) is 6.20 Å². The molecule has 2 heterocycles. The Hall–Kier alpha value is -1.11. The van der Waals surface area contributed by atoms with Crippen LogP contribution in [-0.4, -0.2) is 48.5 Å². The highest BCUT2D eigenvalue weighted by atomic mass is 16.5. The minimum absolute atomic E-state index is 0.416. The van der Waals surface area contributed by atoms with Crippen LogP contribution in [0.15, 0.2) is 18.5 Å². The fourth-order valence-electron chi connectivity index (χ4n) is 1.58. The monoisotopic (exact) mass is 208 g/mol. The van der Waals surface area contributed by atoms with Crippen LogP contribution < -0.4 is 10.4 Å². The van der Waals surface area contributed by atoms with Crippen LogP contribution in [0.1, 0.15) is 0 Å². The van der Waals surface area contributed by atoms with E-state index in [2.05, 4.69) is 9.88 Å². The highest BCUT2D eigenvalue weighted by Crippen LogP contribution is 2.12. The van der Waals surface area contributed by atoms with Gasteiger partial charge in [-0.05, 0) is 6.07 Å². The lowest BCUT2D eigenvalue weighted by atomic mass is 9.81. The number of anilines is 1. The van der Waals surface area contributed by atoms with Gasteiger partial charge in [0.05, 0.1) is 25.1 Å². The van der Waals surface area contributed by atoms with Crippen LogP contribution in [0.25, 0.3) is 0 Å². The van der Waals surface area contributed by atoms with Gasteiger partial charge in [-0.1, -0.05) is 0 Å². The summed E-state index contributed by atoms with van der Waals surface area (Å²) < 4.78 is 5.24. The zero-order valence-electron chi connectivity index (χ0n) is 8.33. The summed E-state index contributed by atoms with van der Waals surface area (Å²) in [4.78, 5) is 6.09. The van der Waals surface area contributed by atoms with Gasteiger partial charge >= 0.3 is 7.12 Å². The van der Waals surface area contributed by atoms with E-state index in [0.717, 1.165) is 18.8 Å². The van der Waals surface area contributed by atoms with E-state index in [1.807, 2.05) is 0 Å². The van der Waals surface area contributed by atoms with E-state index in [4.69, 9.17) is 14.8 Å². The van der Waals surface area contributed by atoms with E-state index < -0.39 is 7.12 Å². The minimum Gasteiger partial charge on any atom is -0.423 e. The maximum absolute atomic E-state index is 9.02. The van der Waals surface area contributed by atoms with Crippen LogP contribution in [0, 0.1) is 0 Å². The fraction of sp³-hybridized carbons (Fsp3) is 0.444. The van der Waals surface area contributed by atoms with E-state index in [0.29, 0.717) is 18.7 Å². The first-order valence-corrected chi connectivity index (χ1v) is 4.91. The third-order valence-electron chi connectivity index (χ3n) is 2.42. The molecule has 0 saturated carbocycles. The lowest BCUT2D eigenvalue weighted by Crippen LogP contribution is -2.38. The van der Waals surface area contributed by atoms with Gasteiger partial charge in [-0.25, -0.2) is 0 Å². The van der Waals surface area contributed by atoms with Gasteiger partial charge in [-0.3, -0.25) is 4.98 Å². The molecule has 1 aromatic heterocycles. The van der Waals surface area contributed by atoms with Crippen molar-refractivity contribution in [1.29, 1.82) is 0 Å². The second-order valence-electron chi connectivity index (χ2n) is 3.45. The number of aromatic nitrogens is 1. The average molecular weight is 208 g/mol. The van der Waals surface area contributed by atoms with Crippen molar-refractivity contribution in [1.82, 2.24) is 4.98 Å². The Morgan fingerprint density at radius 1 is 1.27 bits per heavy atom. The largest absolute Gasteiger partial charge is 0.490 e. The fourth-order valence-corrected chi connectivity index (χ4v) is 1.58. The molecular weight excluding hydrogens is 195 g/mol. The van der Waals surface area contributed by atoms with Crippen molar-refractivity contribution in [3.05, 3.63) is 18.5 Å². The van der Waals surface area contributed by atoms with Crippen molar-refractivity contribution >= 4 is 18.3 Å². The third kappa shape index (κ3) is 2.47. The van der Waals surface area contributed by atoms with Gasteiger partial charge in [0.15, 0.2) is 0 Å². The molecule has 0 aliphatic carbocycles. The summed E-state index contributed by atoms with van der Waals surface area (Å²) >= 11 is 0. The van der Waals surface area contributed by atoms with E-state index in [9.17, 15) is 0 Å². The Kier molecular flexibility index (Phi) is 3.20. The van der Waals surface area contributed by atoms with Crippen molar-refractivity contribution in [2.45, 2.75) is 0 Å². The predicted molar refractivity (Wildman–Crippen MR) is 57.1 cm³/mol. The van der Waals surface area contributed by atoms with Crippen LogP contribution in [0.2, 0.25) is 0 Å². The molecule has 80 valence electrons. The molecule has 1 aliphatic heterocycles. The van der Waals surface area contributed by atoms with Crippen LogP contribution in [0.4, 0.5) is 5.69 Å². The molecule has 15 heavy (non-hydrogen) atoms. The van der Waals surface area contributed by atoms with Crippen LogP contribution >= 0.6 is 0 Å². The topological polar surface area (TPSA) is 65.8 Å². The first-order chi connectivity index (χ1) is 7.27. The molecule has 0 radical (unpaired) electrons. The number of rotatable bonds is 2. The normalized spacial score (nSPS) is 16.5. The summed E-state index contributed by atoms with van der Waals surface area (Å²) in [5, 5.41) is 18.0. The van der Waals surface area contributed by atoms with Gasteiger partial charge in [0, 0.05) is 24.7 Å². The maximum atomic E-state index is 9.02. The van der Waals surface area contributed by atoms with Crippen LogP contribution in [0.3, 0.4) is 0 Å². The lowest BCUT2D eigenvalue weighted by molar-refractivity contribution is 0.122. The highest BCUT2D eigenvalue weighted by molar-refractivity contribution is 6.58. The summed E-state index contributed by atoms with van der Waals surface area (Å²) in [6.07, 6.45) is 3.17. The number of pyridine rings is 1. The number of nitrogens with zero attached hydrogens (tertiary/aromatic N) is 2. The Bertz CT molecular complexity index is 329. The minimum atomic E-state index is -1.46. The van der Waals surface area contributed by atoms with Crippen molar-refractivity contribution < 1.29 is 14.8 Å². The van der Waals surface area contributed by atoms with Crippen molar-refractivity contribution in [3.63, 3.8) is 0 Å². The molecule has 1 fully saturated rings. The zero-order valence-corrected chi connectivity index (χ0v) is 8.33. The molecule has 0 amide bonds. The van der Waals surface area contributed by atoms with Gasteiger partial charge in [0.1, 0.15) is 0 Å². The van der Waals surface area contributed by atoms with Gasteiger partial charge in [-0.2, -0.15) is 0 Å². The van der Waals surface area contributed by atoms with Gasteiger partial charge < -0.3 is 19.7 Å². The van der Waals surface area contributed by atoms with E-state index >= 15 is 0 Å². The summed E-state index contributed by atoms with van der Waals surface area (Å²) in [7, 11) is -1.46. The molecule has 0 aromatic carbocycles. The third-order valence-corrected chi connectivity index (χ3v) is 2.42. The molecule has 1 saturated heterocycles. The number of hydrogen-bond donors (Lipinski definition) is 2. The second kappa shape index (κ2) is 4.61. The molecule has 6 heteroatoms. The molecule has 5 nitrogen and oxygen atoms in total. The Balaban J connectivity index is 2.16. The summed E-state index contributed by atoms with van der Waals surface area (Å²) in [5.41, 5.74) is 1.32. The Morgan fingerprint density at radius 3 is 2.67 bits per heavy atom. The maximum Gasteiger partial charge on any atom is 0.490 e. The summed E-state index contributed by atoms with van der Waals surface area (Å²) in [5.74, 6) is 0. The SMILES string of the molecule is OB(O)c1cncc(N2CCOCC2)c1. The Labute approximate surface area is 88.5 Å². The van der Waals surface area contributed by atoms with Crippen molar-refractivity contribution in [2.75, 3.05) is 31.2 Å². The second-order valence-corrected chi connectivity index (χ2v) is 3.45. The zero-order chi connectivity index (χ0) is 10.7. The average Bonchev–Trinajstić information content (AvgIpc) is 2.30. The van der Waals surface area contributed by atoms with E-state index in [-0.39, 0.29) is 0 Å². The first kappa shape index (κ1) is 10.4. The van der Waals surface area contributed by atoms with Crippen molar-refractivity contribution in [3.8, 4) is 0 Å². The summed E-state index contributed by atoms with van der Waals surface area (Å²) in [6.45, 7) is 3.02. The predicted octanol–water partition coefficient (Wildman–Crippen LogP) is -1.40. The molecular formula is C9H13BN2O3. The van der Waals surface area contributed by atoms with Gasteiger partial charge in [0.25, 0.3) is 0 Å². The molecule has 0 unspecified atom stereocenters. The van der Waals surface area contributed by atoms with Gasteiger partial charge in [0.2, 0.25) is 0 Å². The molecule has 0 atom stereocenters. The number of ether oxygens (including phenoxy) is 1. The van der Waals surface area contributed by atoms with Crippen LogP contribution in [0.5, 0.6) is 0 Å². The standard InChI is InChI=1S/C9H13BN2O3/c13-10(14)8-5-9(7-11-6-8)12-1-3-15-4-2-12/h5-7,13-14H,1-4H2. The van der Waals surface area contributed by atoms with E-state index in [1.54, 1.807) is 12.3 Å². The quantitative estimate of drug-likeness (QED) is 0.585. The lowest BCUT2D eigenvalue weighted by Gasteiger charge is -2.28. The highest BCUT2D eigenvalue weighted by Gasteiger charge is 2.15. The molecule has 1 aliphatic rings. The molecule has 2 rings (SSSR count). The summed E-state index contributed by atoms with van der Waals surface area (Å²) in [6, 6.07) is 1.74. The van der Waals surface area contributed by atoms with Crippen molar-refractivity contribution in [2.24, 2.45) is 0 Å². The molecule has 2 N–H and O–H groups in total. The molecule has 1 aromatic rings. The van der Waals surface area contributed by atoms with Crippen LogP contribution in [-0.2, 0) is 4.74 Å². The van der Waals surface area contributed by atoms with Gasteiger partial charge in [-0.15, -0.1) is 0 Å². The number of hydrogen-bond acceptors (Lipinski definition) is 5. The molecule has 0 spiro atoms.